The Kier molecular flexibility index (Phi) is 19.6. The minimum atomic E-state index is -1.84. The molecule has 0 bridgehead atoms. The molecule has 0 spiro atoms. The molecule has 0 radical (unpaired) electrons. The van der Waals surface area contributed by atoms with Gasteiger partial charge in [0.2, 0.25) is 0 Å². The Morgan fingerprint density at radius 1 is 0.714 bits per heavy atom. The van der Waals surface area contributed by atoms with Crippen LogP contribution in [0.15, 0.2) is 12.7 Å². The highest BCUT2D eigenvalue weighted by atomic mass is 28.4. The van der Waals surface area contributed by atoms with E-state index in [0.29, 0.717) is 6.79 Å². The molecule has 35 heavy (non-hydrogen) atoms. The number of hydrogen-bond acceptors (Lipinski definition) is 7. The second kappa shape index (κ2) is 19.7. The first kappa shape index (κ1) is 34.7. The van der Waals surface area contributed by atoms with E-state index >= 15 is 0 Å². The number of hydrogen-bond donors (Lipinski definition) is 0. The van der Waals surface area contributed by atoms with Gasteiger partial charge in [0.25, 0.3) is 0 Å². The standard InChI is InChI=1S/C27H56O7Si/c1-11-24(31-20-28-6)26(33-22-30-8)19-17-15-13-12-14-16-18-25(32-21-29-7)23(2)34-35(9,10)27(3,4)5/h11,23-26H,1,12-22H2,2-10H3/t23-,24-,25+,26+/m1/s1. The molecular weight excluding hydrogens is 464 g/mol. The van der Waals surface area contributed by atoms with E-state index < -0.39 is 8.32 Å². The molecule has 0 aliphatic rings. The summed E-state index contributed by atoms with van der Waals surface area (Å²) in [6, 6.07) is 0. The van der Waals surface area contributed by atoms with Gasteiger partial charge in [-0.2, -0.15) is 0 Å². The van der Waals surface area contributed by atoms with Crippen LogP contribution in [0.5, 0.6) is 0 Å². The highest BCUT2D eigenvalue weighted by Crippen LogP contribution is 2.38. The maximum atomic E-state index is 6.59. The van der Waals surface area contributed by atoms with E-state index in [1.165, 1.54) is 19.3 Å². The SMILES string of the molecule is C=C[C@@H](OCOC)[C@H](CCCCCCCC[C@H](OCOC)[C@@H](C)O[Si](C)(C)C(C)(C)C)OCOC. The summed E-state index contributed by atoms with van der Waals surface area (Å²) in [4.78, 5) is 0. The van der Waals surface area contributed by atoms with Gasteiger partial charge < -0.3 is 32.8 Å². The van der Waals surface area contributed by atoms with E-state index in [0.717, 1.165) is 32.1 Å². The molecule has 0 fully saturated rings. The number of methoxy groups -OCH3 is 3. The molecule has 0 saturated carbocycles. The van der Waals surface area contributed by atoms with Gasteiger partial charge in [-0.3, -0.25) is 0 Å². The van der Waals surface area contributed by atoms with E-state index in [9.17, 15) is 0 Å². The average Bonchev–Trinajstić information content (AvgIpc) is 2.79. The Balaban J connectivity index is 4.38. The maximum Gasteiger partial charge on any atom is 0.192 e. The zero-order valence-corrected chi connectivity index (χ0v) is 25.2. The lowest BCUT2D eigenvalue weighted by Crippen LogP contribution is -2.46. The van der Waals surface area contributed by atoms with Gasteiger partial charge in [-0.25, -0.2) is 0 Å². The molecule has 0 aliphatic carbocycles. The average molecular weight is 521 g/mol. The second-order valence-electron chi connectivity index (χ2n) is 10.8. The lowest BCUT2D eigenvalue weighted by atomic mass is 10.0. The van der Waals surface area contributed by atoms with Crippen molar-refractivity contribution in [3.63, 3.8) is 0 Å². The molecule has 0 aromatic heterocycles. The third kappa shape index (κ3) is 15.5. The predicted octanol–water partition coefficient (Wildman–Crippen LogP) is 6.67. The topological polar surface area (TPSA) is 64.6 Å². The van der Waals surface area contributed by atoms with E-state index in [1.54, 1.807) is 27.4 Å². The molecular formula is C27H56O7Si. The van der Waals surface area contributed by atoms with Crippen LogP contribution in [0.2, 0.25) is 18.1 Å². The summed E-state index contributed by atoms with van der Waals surface area (Å²) in [6.45, 7) is 18.2. The quantitative estimate of drug-likeness (QED) is 0.0645. The van der Waals surface area contributed by atoms with Crippen molar-refractivity contribution in [1.82, 2.24) is 0 Å². The lowest BCUT2D eigenvalue weighted by molar-refractivity contribution is -0.145. The molecule has 0 N–H and O–H groups in total. The van der Waals surface area contributed by atoms with Crippen LogP contribution >= 0.6 is 0 Å². The minimum Gasteiger partial charge on any atom is -0.412 e. The zero-order chi connectivity index (χ0) is 26.7. The molecule has 0 rings (SSSR count). The number of ether oxygens (including phenoxy) is 6. The van der Waals surface area contributed by atoms with Gasteiger partial charge in [-0.05, 0) is 37.9 Å². The largest absolute Gasteiger partial charge is 0.412 e. The summed E-state index contributed by atoms with van der Waals surface area (Å²) >= 11 is 0. The molecule has 7 nitrogen and oxygen atoms in total. The summed E-state index contributed by atoms with van der Waals surface area (Å²) in [5.41, 5.74) is 0. The Morgan fingerprint density at radius 3 is 1.60 bits per heavy atom. The smallest absolute Gasteiger partial charge is 0.192 e. The summed E-state index contributed by atoms with van der Waals surface area (Å²) in [5.74, 6) is 0. The minimum absolute atomic E-state index is 0.0608. The second-order valence-corrected chi connectivity index (χ2v) is 15.5. The van der Waals surface area contributed by atoms with Gasteiger partial charge in [-0.15, -0.1) is 6.58 Å². The van der Waals surface area contributed by atoms with Crippen molar-refractivity contribution in [2.45, 2.75) is 122 Å². The Morgan fingerprint density at radius 2 is 1.14 bits per heavy atom. The molecule has 0 aliphatic heterocycles. The van der Waals surface area contributed by atoms with Crippen LogP contribution < -0.4 is 0 Å². The zero-order valence-electron chi connectivity index (χ0n) is 24.2. The monoisotopic (exact) mass is 520 g/mol. The fourth-order valence-electron chi connectivity index (χ4n) is 3.70. The first-order chi connectivity index (χ1) is 16.5. The van der Waals surface area contributed by atoms with Crippen molar-refractivity contribution >= 4 is 8.32 Å². The van der Waals surface area contributed by atoms with Crippen LogP contribution in [0.1, 0.15) is 79.1 Å². The molecule has 0 amide bonds. The van der Waals surface area contributed by atoms with Crippen LogP contribution in [-0.4, -0.2) is 74.4 Å². The van der Waals surface area contributed by atoms with Gasteiger partial charge in [0, 0.05) is 21.3 Å². The molecule has 0 unspecified atom stereocenters. The Labute approximate surface area is 217 Å². The van der Waals surface area contributed by atoms with Gasteiger partial charge in [-0.1, -0.05) is 65.4 Å². The van der Waals surface area contributed by atoms with E-state index in [1.807, 2.05) is 0 Å². The van der Waals surface area contributed by atoms with Crippen LogP contribution in [0.25, 0.3) is 0 Å². The van der Waals surface area contributed by atoms with Crippen molar-refractivity contribution in [1.29, 1.82) is 0 Å². The molecule has 0 aromatic carbocycles. The van der Waals surface area contributed by atoms with Crippen molar-refractivity contribution in [2.75, 3.05) is 41.7 Å². The fourth-order valence-corrected chi connectivity index (χ4v) is 5.13. The van der Waals surface area contributed by atoms with E-state index in [4.69, 9.17) is 32.8 Å². The van der Waals surface area contributed by atoms with Gasteiger partial charge in [0.15, 0.2) is 8.32 Å². The van der Waals surface area contributed by atoms with Gasteiger partial charge in [0.1, 0.15) is 26.5 Å². The first-order valence-corrected chi connectivity index (χ1v) is 16.1. The van der Waals surface area contributed by atoms with Crippen molar-refractivity contribution < 1.29 is 32.8 Å². The normalized spacial score (nSPS) is 16.1. The summed E-state index contributed by atoms with van der Waals surface area (Å²) in [6.07, 6.45) is 10.5. The van der Waals surface area contributed by atoms with Crippen LogP contribution in [0.4, 0.5) is 0 Å². The number of unbranched alkanes of at least 4 members (excludes halogenated alkanes) is 5. The summed E-state index contributed by atoms with van der Waals surface area (Å²) < 4.78 is 39.4. The van der Waals surface area contributed by atoms with Crippen molar-refractivity contribution in [3.05, 3.63) is 12.7 Å². The lowest BCUT2D eigenvalue weighted by Gasteiger charge is -2.40. The molecule has 0 aromatic rings. The molecule has 8 heteroatoms. The highest BCUT2D eigenvalue weighted by Gasteiger charge is 2.39. The maximum absolute atomic E-state index is 6.59. The Hall–Kier alpha value is -0.323. The van der Waals surface area contributed by atoms with E-state index in [-0.39, 0.29) is 43.0 Å². The first-order valence-electron chi connectivity index (χ1n) is 13.2. The third-order valence-electron chi connectivity index (χ3n) is 6.81. The fraction of sp³-hybridized carbons (Fsp3) is 0.926. The van der Waals surface area contributed by atoms with Crippen molar-refractivity contribution in [2.24, 2.45) is 0 Å². The molecule has 210 valence electrons. The van der Waals surface area contributed by atoms with E-state index in [2.05, 4.69) is 47.4 Å². The summed E-state index contributed by atoms with van der Waals surface area (Å²) in [5, 5.41) is 0.183. The third-order valence-corrected chi connectivity index (χ3v) is 11.4. The van der Waals surface area contributed by atoms with Crippen LogP contribution in [-0.2, 0) is 32.8 Å². The number of rotatable bonds is 23. The van der Waals surface area contributed by atoms with Gasteiger partial charge >= 0.3 is 0 Å². The van der Waals surface area contributed by atoms with Gasteiger partial charge in [0.05, 0.1) is 18.3 Å². The predicted molar refractivity (Wildman–Crippen MR) is 145 cm³/mol. The molecule has 4 atom stereocenters. The summed E-state index contributed by atoms with van der Waals surface area (Å²) in [7, 11) is 3.07. The van der Waals surface area contributed by atoms with Crippen LogP contribution in [0, 0.1) is 0 Å². The van der Waals surface area contributed by atoms with Crippen LogP contribution in [0.3, 0.4) is 0 Å². The molecule has 0 saturated heterocycles. The highest BCUT2D eigenvalue weighted by molar-refractivity contribution is 6.74. The Bertz CT molecular complexity index is 510. The molecule has 0 heterocycles. The van der Waals surface area contributed by atoms with Crippen molar-refractivity contribution in [3.8, 4) is 0 Å².